The SMILES string of the molecule is COCOc1cc(OC)ccc1C(=O)C[C@@H](O)c1ccc(OC)c(OC)c1. The summed E-state index contributed by atoms with van der Waals surface area (Å²) in [6.45, 7) is -0.00825. The van der Waals surface area contributed by atoms with Crippen LogP contribution in [0.2, 0.25) is 0 Å². The third-order valence-electron chi connectivity index (χ3n) is 3.99. The van der Waals surface area contributed by atoms with E-state index in [0.717, 1.165) is 0 Å². The highest BCUT2D eigenvalue weighted by Gasteiger charge is 2.20. The predicted molar refractivity (Wildman–Crippen MR) is 99.0 cm³/mol. The van der Waals surface area contributed by atoms with E-state index < -0.39 is 6.10 Å². The Morgan fingerprint density at radius 1 is 0.926 bits per heavy atom. The van der Waals surface area contributed by atoms with E-state index in [1.54, 1.807) is 36.4 Å². The average Bonchev–Trinajstić information content (AvgIpc) is 2.71. The molecule has 7 heteroatoms. The maximum atomic E-state index is 12.7. The molecule has 0 aliphatic heterocycles. The number of carbonyl (C=O) groups excluding carboxylic acids is 1. The maximum absolute atomic E-state index is 12.7. The van der Waals surface area contributed by atoms with Gasteiger partial charge in [-0.05, 0) is 29.8 Å². The van der Waals surface area contributed by atoms with E-state index in [1.807, 2.05) is 0 Å². The molecular weight excluding hydrogens is 352 g/mol. The number of carbonyl (C=O) groups is 1. The van der Waals surface area contributed by atoms with E-state index in [2.05, 4.69) is 0 Å². The third-order valence-corrected chi connectivity index (χ3v) is 3.99. The standard InChI is InChI=1S/C20H24O7/c1-23-12-27-19-10-14(24-2)6-7-15(19)17(22)11-16(21)13-5-8-18(25-3)20(9-13)26-4/h5-10,16,21H,11-12H2,1-4H3/t16-/m1/s1. The van der Waals surface area contributed by atoms with Gasteiger partial charge in [0.25, 0.3) is 0 Å². The Morgan fingerprint density at radius 3 is 2.30 bits per heavy atom. The van der Waals surface area contributed by atoms with Crippen LogP contribution in [-0.2, 0) is 4.74 Å². The normalized spacial score (nSPS) is 11.6. The fourth-order valence-electron chi connectivity index (χ4n) is 2.57. The lowest BCUT2D eigenvalue weighted by molar-refractivity contribution is 0.0498. The monoisotopic (exact) mass is 376 g/mol. The number of aliphatic hydroxyl groups is 1. The molecule has 0 aromatic heterocycles. The van der Waals surface area contributed by atoms with Crippen molar-refractivity contribution < 1.29 is 33.6 Å². The van der Waals surface area contributed by atoms with Gasteiger partial charge in [0.05, 0.1) is 33.0 Å². The highest BCUT2D eigenvalue weighted by molar-refractivity contribution is 5.99. The van der Waals surface area contributed by atoms with Crippen LogP contribution >= 0.6 is 0 Å². The smallest absolute Gasteiger partial charge is 0.188 e. The maximum Gasteiger partial charge on any atom is 0.188 e. The van der Waals surface area contributed by atoms with Crippen LogP contribution in [-0.4, -0.2) is 46.1 Å². The van der Waals surface area contributed by atoms with E-state index in [4.69, 9.17) is 23.7 Å². The average molecular weight is 376 g/mol. The van der Waals surface area contributed by atoms with Crippen molar-refractivity contribution in [1.29, 1.82) is 0 Å². The third kappa shape index (κ3) is 5.12. The fourth-order valence-corrected chi connectivity index (χ4v) is 2.57. The minimum absolute atomic E-state index is 0.00825. The van der Waals surface area contributed by atoms with Crippen molar-refractivity contribution in [2.24, 2.45) is 0 Å². The highest BCUT2D eigenvalue weighted by Crippen LogP contribution is 2.32. The minimum Gasteiger partial charge on any atom is -0.497 e. The molecule has 7 nitrogen and oxygen atoms in total. The lowest BCUT2D eigenvalue weighted by Gasteiger charge is -2.15. The molecule has 1 atom stereocenters. The van der Waals surface area contributed by atoms with Crippen molar-refractivity contribution in [1.82, 2.24) is 0 Å². The molecule has 146 valence electrons. The summed E-state index contributed by atoms with van der Waals surface area (Å²) in [6.07, 6.45) is -1.12. The zero-order chi connectivity index (χ0) is 19.8. The summed E-state index contributed by atoms with van der Waals surface area (Å²) in [4.78, 5) is 12.7. The van der Waals surface area contributed by atoms with Crippen LogP contribution < -0.4 is 18.9 Å². The summed E-state index contributed by atoms with van der Waals surface area (Å²) in [6, 6.07) is 9.89. The van der Waals surface area contributed by atoms with Crippen molar-refractivity contribution >= 4 is 5.78 Å². The molecule has 27 heavy (non-hydrogen) atoms. The van der Waals surface area contributed by atoms with E-state index in [-0.39, 0.29) is 19.0 Å². The number of ketones is 1. The van der Waals surface area contributed by atoms with E-state index >= 15 is 0 Å². The molecule has 2 aromatic rings. The largest absolute Gasteiger partial charge is 0.497 e. The number of aliphatic hydroxyl groups excluding tert-OH is 1. The van der Waals surface area contributed by atoms with E-state index in [1.165, 1.54) is 28.4 Å². The summed E-state index contributed by atoms with van der Waals surface area (Å²) in [7, 11) is 6.05. The van der Waals surface area contributed by atoms with Crippen LogP contribution in [0.1, 0.15) is 28.4 Å². The van der Waals surface area contributed by atoms with Gasteiger partial charge in [-0.25, -0.2) is 0 Å². The molecule has 0 bridgehead atoms. The number of Topliss-reactive ketones (excluding diaryl/α,β-unsaturated/α-hetero) is 1. The molecule has 0 heterocycles. The van der Waals surface area contributed by atoms with Crippen molar-refractivity contribution in [2.75, 3.05) is 35.2 Å². The Kier molecular flexibility index (Phi) is 7.45. The predicted octanol–water partition coefficient (Wildman–Crippen LogP) is 3.00. The van der Waals surface area contributed by atoms with Crippen molar-refractivity contribution in [3.8, 4) is 23.0 Å². The molecule has 2 rings (SSSR count). The molecule has 0 saturated carbocycles. The van der Waals surface area contributed by atoms with Gasteiger partial charge in [-0.2, -0.15) is 0 Å². The molecule has 0 spiro atoms. The highest BCUT2D eigenvalue weighted by atomic mass is 16.7. The molecule has 0 aliphatic carbocycles. The first-order chi connectivity index (χ1) is 13.0. The second-order valence-corrected chi connectivity index (χ2v) is 5.67. The van der Waals surface area contributed by atoms with Gasteiger partial charge in [0.2, 0.25) is 0 Å². The van der Waals surface area contributed by atoms with Gasteiger partial charge in [0.1, 0.15) is 11.5 Å². The fraction of sp³-hybridized carbons (Fsp3) is 0.350. The second-order valence-electron chi connectivity index (χ2n) is 5.67. The zero-order valence-corrected chi connectivity index (χ0v) is 15.9. The Bertz CT molecular complexity index is 773. The molecule has 0 fully saturated rings. The van der Waals surface area contributed by atoms with Gasteiger partial charge in [-0.3, -0.25) is 4.79 Å². The van der Waals surface area contributed by atoms with Crippen LogP contribution in [0.15, 0.2) is 36.4 Å². The molecule has 0 saturated heterocycles. The van der Waals surface area contributed by atoms with Gasteiger partial charge in [-0.15, -0.1) is 0 Å². The zero-order valence-electron chi connectivity index (χ0n) is 15.9. The van der Waals surface area contributed by atoms with Gasteiger partial charge >= 0.3 is 0 Å². The summed E-state index contributed by atoms with van der Waals surface area (Å²) < 4.78 is 25.9. The summed E-state index contributed by atoms with van der Waals surface area (Å²) in [5.41, 5.74) is 0.890. The molecular formula is C20H24O7. The van der Waals surface area contributed by atoms with Gasteiger partial charge in [-0.1, -0.05) is 6.07 Å². The Hall–Kier alpha value is -2.77. The Balaban J connectivity index is 2.21. The molecule has 0 radical (unpaired) electrons. The van der Waals surface area contributed by atoms with Gasteiger partial charge in [0.15, 0.2) is 24.1 Å². The molecule has 0 aliphatic rings. The summed E-state index contributed by atoms with van der Waals surface area (Å²) in [5.74, 6) is 1.64. The van der Waals surface area contributed by atoms with E-state index in [9.17, 15) is 9.90 Å². The van der Waals surface area contributed by atoms with Gasteiger partial charge < -0.3 is 28.8 Å². The second kappa shape index (κ2) is 9.80. The Labute approximate surface area is 158 Å². The van der Waals surface area contributed by atoms with Crippen molar-refractivity contribution in [2.45, 2.75) is 12.5 Å². The first-order valence-electron chi connectivity index (χ1n) is 8.27. The minimum atomic E-state index is -1.00. The van der Waals surface area contributed by atoms with Crippen molar-refractivity contribution in [3.05, 3.63) is 47.5 Å². The Morgan fingerprint density at radius 2 is 1.67 bits per heavy atom. The van der Waals surface area contributed by atoms with Crippen LogP contribution in [0.3, 0.4) is 0 Å². The quantitative estimate of drug-likeness (QED) is 0.504. The topological polar surface area (TPSA) is 83.5 Å². The molecule has 0 unspecified atom stereocenters. The van der Waals surface area contributed by atoms with Crippen LogP contribution in [0.25, 0.3) is 0 Å². The number of hydrogen-bond acceptors (Lipinski definition) is 7. The first-order valence-corrected chi connectivity index (χ1v) is 8.27. The number of benzene rings is 2. The first kappa shape index (κ1) is 20.5. The summed E-state index contributed by atoms with van der Waals surface area (Å²) >= 11 is 0. The van der Waals surface area contributed by atoms with Crippen LogP contribution in [0, 0.1) is 0 Å². The van der Waals surface area contributed by atoms with Crippen LogP contribution in [0.4, 0.5) is 0 Å². The molecule has 0 amide bonds. The lowest BCUT2D eigenvalue weighted by Crippen LogP contribution is -2.10. The number of rotatable bonds is 10. The number of hydrogen-bond donors (Lipinski definition) is 1. The molecule has 1 N–H and O–H groups in total. The van der Waals surface area contributed by atoms with Crippen molar-refractivity contribution in [3.63, 3.8) is 0 Å². The van der Waals surface area contributed by atoms with Crippen LogP contribution in [0.5, 0.6) is 23.0 Å². The summed E-state index contributed by atoms with van der Waals surface area (Å²) in [5, 5.41) is 10.5. The number of methoxy groups -OCH3 is 4. The van der Waals surface area contributed by atoms with Gasteiger partial charge in [0, 0.05) is 19.6 Å². The number of ether oxygens (including phenoxy) is 5. The van der Waals surface area contributed by atoms with E-state index in [0.29, 0.717) is 34.1 Å². The molecule has 2 aromatic carbocycles. The lowest BCUT2D eigenvalue weighted by atomic mass is 9.99.